The third-order valence-corrected chi connectivity index (χ3v) is 1.89. The predicted octanol–water partition coefficient (Wildman–Crippen LogP) is 0.621. The highest BCUT2D eigenvalue weighted by Gasteiger charge is 2.17. The highest BCUT2D eigenvalue weighted by molar-refractivity contribution is 6.63. The number of carbonyl (C=O) groups is 3. The zero-order valence-corrected chi connectivity index (χ0v) is 8.71. The SMILES string of the molecule is CC(=O)C(=O)C(=O)CCCCC(C)N. The molecule has 0 heterocycles. The molecule has 2 N–H and O–H groups in total. The molecule has 0 aliphatic carbocycles. The van der Waals surface area contributed by atoms with Crippen LogP contribution in [0.25, 0.3) is 0 Å². The lowest BCUT2D eigenvalue weighted by molar-refractivity contribution is -0.143. The van der Waals surface area contributed by atoms with Crippen molar-refractivity contribution in [1.82, 2.24) is 0 Å². The van der Waals surface area contributed by atoms with Crippen molar-refractivity contribution in [2.75, 3.05) is 0 Å². The lowest BCUT2D eigenvalue weighted by atomic mass is 10.0. The Morgan fingerprint density at radius 2 is 1.79 bits per heavy atom. The fourth-order valence-electron chi connectivity index (χ4n) is 1.06. The third-order valence-electron chi connectivity index (χ3n) is 1.89. The molecule has 0 aliphatic rings. The number of hydrogen-bond acceptors (Lipinski definition) is 4. The van der Waals surface area contributed by atoms with Crippen molar-refractivity contribution < 1.29 is 14.4 Å². The normalized spacial score (nSPS) is 12.2. The number of unbranched alkanes of at least 4 members (excludes halogenated alkanes) is 1. The number of carbonyl (C=O) groups excluding carboxylic acids is 3. The average molecular weight is 199 g/mol. The maximum Gasteiger partial charge on any atom is 0.263 e. The molecule has 0 rings (SSSR count). The maximum atomic E-state index is 11.0. The predicted molar refractivity (Wildman–Crippen MR) is 52.8 cm³/mol. The third kappa shape index (κ3) is 5.59. The van der Waals surface area contributed by atoms with E-state index < -0.39 is 17.3 Å². The zero-order chi connectivity index (χ0) is 11.1. The van der Waals surface area contributed by atoms with Crippen molar-refractivity contribution in [2.45, 2.75) is 45.6 Å². The average Bonchev–Trinajstić information content (AvgIpc) is 2.10. The van der Waals surface area contributed by atoms with E-state index in [9.17, 15) is 14.4 Å². The summed E-state index contributed by atoms with van der Waals surface area (Å²) in [5.74, 6) is -2.14. The summed E-state index contributed by atoms with van der Waals surface area (Å²) in [5.41, 5.74) is 5.51. The van der Waals surface area contributed by atoms with Crippen LogP contribution in [0, 0.1) is 0 Å². The van der Waals surface area contributed by atoms with E-state index >= 15 is 0 Å². The van der Waals surface area contributed by atoms with Gasteiger partial charge in [-0.1, -0.05) is 6.42 Å². The maximum absolute atomic E-state index is 11.0. The van der Waals surface area contributed by atoms with Gasteiger partial charge in [0.25, 0.3) is 5.78 Å². The fourth-order valence-corrected chi connectivity index (χ4v) is 1.06. The molecular weight excluding hydrogens is 182 g/mol. The van der Waals surface area contributed by atoms with E-state index in [4.69, 9.17) is 5.73 Å². The van der Waals surface area contributed by atoms with Gasteiger partial charge in [-0.15, -0.1) is 0 Å². The molecule has 1 unspecified atom stereocenters. The van der Waals surface area contributed by atoms with Gasteiger partial charge in [0.05, 0.1) is 0 Å². The van der Waals surface area contributed by atoms with Gasteiger partial charge >= 0.3 is 0 Å². The zero-order valence-electron chi connectivity index (χ0n) is 8.71. The molecule has 0 bridgehead atoms. The summed E-state index contributed by atoms with van der Waals surface area (Å²) < 4.78 is 0. The molecular formula is C10H17NO3. The molecule has 0 spiro atoms. The number of Topliss-reactive ketones (excluding diaryl/α,β-unsaturated/α-hetero) is 3. The van der Waals surface area contributed by atoms with Crippen molar-refractivity contribution in [1.29, 1.82) is 0 Å². The van der Waals surface area contributed by atoms with Crippen molar-refractivity contribution >= 4 is 17.3 Å². The Labute approximate surface area is 83.8 Å². The van der Waals surface area contributed by atoms with Crippen molar-refractivity contribution in [2.24, 2.45) is 5.73 Å². The second-order valence-corrected chi connectivity index (χ2v) is 3.53. The number of nitrogens with two attached hydrogens (primary N) is 1. The molecule has 1 atom stereocenters. The van der Waals surface area contributed by atoms with Gasteiger partial charge in [-0.25, -0.2) is 0 Å². The minimum absolute atomic E-state index is 0.119. The minimum atomic E-state index is -0.884. The molecule has 0 aromatic rings. The highest BCUT2D eigenvalue weighted by Crippen LogP contribution is 2.03. The smallest absolute Gasteiger partial charge is 0.263 e. The number of rotatable bonds is 7. The fraction of sp³-hybridized carbons (Fsp3) is 0.700. The number of ketones is 3. The largest absolute Gasteiger partial charge is 0.328 e. The van der Waals surface area contributed by atoms with Gasteiger partial charge in [0.1, 0.15) is 0 Å². The summed E-state index contributed by atoms with van der Waals surface area (Å²) in [6.07, 6.45) is 2.43. The van der Waals surface area contributed by atoms with Crippen molar-refractivity contribution in [3.8, 4) is 0 Å². The molecule has 0 aromatic heterocycles. The summed E-state index contributed by atoms with van der Waals surface area (Å²) in [6, 6.07) is 0.119. The Morgan fingerprint density at radius 1 is 1.21 bits per heavy atom. The first-order chi connectivity index (χ1) is 6.45. The van der Waals surface area contributed by atoms with Gasteiger partial charge in [-0.05, 0) is 19.8 Å². The molecule has 80 valence electrons. The monoisotopic (exact) mass is 199 g/mol. The topological polar surface area (TPSA) is 77.2 Å². The Bertz CT molecular complexity index is 234. The Balaban J connectivity index is 3.65. The first kappa shape index (κ1) is 13.0. The molecule has 4 nitrogen and oxygen atoms in total. The van der Waals surface area contributed by atoms with Crippen LogP contribution in [0.1, 0.15) is 39.5 Å². The molecule has 0 aliphatic heterocycles. The molecule has 14 heavy (non-hydrogen) atoms. The van der Waals surface area contributed by atoms with Crippen LogP contribution < -0.4 is 5.73 Å². The summed E-state index contributed by atoms with van der Waals surface area (Å²) >= 11 is 0. The van der Waals surface area contributed by atoms with Crippen LogP contribution in [0.3, 0.4) is 0 Å². The molecule has 0 aromatic carbocycles. The molecule has 0 radical (unpaired) electrons. The first-order valence-electron chi connectivity index (χ1n) is 4.78. The second-order valence-electron chi connectivity index (χ2n) is 3.53. The van der Waals surface area contributed by atoms with Crippen LogP contribution in [0.5, 0.6) is 0 Å². The number of hydrogen-bond donors (Lipinski definition) is 1. The van der Waals surface area contributed by atoms with Crippen LogP contribution in [-0.4, -0.2) is 23.4 Å². The molecule has 0 fully saturated rings. The quantitative estimate of drug-likeness (QED) is 0.370. The molecule has 4 heteroatoms. The summed E-state index contributed by atoms with van der Waals surface area (Å²) in [7, 11) is 0. The summed E-state index contributed by atoms with van der Waals surface area (Å²) in [5, 5.41) is 0. The molecule has 0 saturated carbocycles. The molecule has 0 amide bonds. The van der Waals surface area contributed by atoms with Crippen LogP contribution in [0.4, 0.5) is 0 Å². The lowest BCUT2D eigenvalue weighted by Crippen LogP contribution is -2.21. The van der Waals surface area contributed by atoms with Crippen molar-refractivity contribution in [3.63, 3.8) is 0 Å². The summed E-state index contributed by atoms with van der Waals surface area (Å²) in [4.78, 5) is 32.4. The standard InChI is InChI=1S/C10H17NO3/c1-7(11)5-3-4-6-9(13)10(14)8(2)12/h7H,3-6,11H2,1-2H3. The first-order valence-corrected chi connectivity index (χ1v) is 4.78. The van der Waals surface area contributed by atoms with Crippen molar-refractivity contribution in [3.05, 3.63) is 0 Å². The van der Waals surface area contributed by atoms with E-state index in [1.807, 2.05) is 6.92 Å². The van der Waals surface area contributed by atoms with E-state index in [1.165, 1.54) is 0 Å². The summed E-state index contributed by atoms with van der Waals surface area (Å²) in [6.45, 7) is 3.00. The van der Waals surface area contributed by atoms with Gasteiger partial charge < -0.3 is 5.73 Å². The van der Waals surface area contributed by atoms with Crippen LogP contribution >= 0.6 is 0 Å². The van der Waals surface area contributed by atoms with E-state index in [1.54, 1.807) is 0 Å². The van der Waals surface area contributed by atoms with E-state index in [0.29, 0.717) is 6.42 Å². The Morgan fingerprint density at radius 3 is 2.21 bits per heavy atom. The van der Waals surface area contributed by atoms with Gasteiger partial charge in [0.2, 0.25) is 11.6 Å². The van der Waals surface area contributed by atoms with E-state index in [0.717, 1.165) is 19.8 Å². The van der Waals surface area contributed by atoms with Crippen LogP contribution in [0.2, 0.25) is 0 Å². The van der Waals surface area contributed by atoms with Crippen LogP contribution in [0.15, 0.2) is 0 Å². The van der Waals surface area contributed by atoms with Gasteiger partial charge in [0, 0.05) is 19.4 Å². The Kier molecular flexibility index (Phi) is 5.95. The Hall–Kier alpha value is -1.03. The van der Waals surface area contributed by atoms with Gasteiger partial charge in [-0.2, -0.15) is 0 Å². The van der Waals surface area contributed by atoms with Gasteiger partial charge in [-0.3, -0.25) is 14.4 Å². The second kappa shape index (κ2) is 6.43. The minimum Gasteiger partial charge on any atom is -0.328 e. The molecule has 0 saturated heterocycles. The van der Waals surface area contributed by atoms with E-state index in [-0.39, 0.29) is 12.5 Å². The van der Waals surface area contributed by atoms with Crippen LogP contribution in [-0.2, 0) is 14.4 Å². The highest BCUT2D eigenvalue weighted by atomic mass is 16.2. The van der Waals surface area contributed by atoms with Gasteiger partial charge in [0.15, 0.2) is 0 Å². The van der Waals surface area contributed by atoms with E-state index in [2.05, 4.69) is 0 Å². The lowest BCUT2D eigenvalue weighted by Gasteiger charge is -2.02.